The van der Waals surface area contributed by atoms with Gasteiger partial charge in [0.1, 0.15) is 0 Å². The fourth-order valence-electron chi connectivity index (χ4n) is 1.78. The maximum absolute atomic E-state index is 10.8. The molecule has 1 atom stereocenters. The molecular weight excluding hydrogens is 210 g/mol. The molecule has 0 aromatic heterocycles. The zero-order chi connectivity index (χ0) is 12.0. The normalized spacial score (nSPS) is 22.1. The van der Waals surface area contributed by atoms with Crippen LogP contribution in [0.25, 0.3) is 0 Å². The Morgan fingerprint density at radius 2 is 2.62 bits per heavy atom. The van der Waals surface area contributed by atoms with Gasteiger partial charge in [0.2, 0.25) is 0 Å². The van der Waals surface area contributed by atoms with Crippen molar-refractivity contribution in [3.8, 4) is 0 Å². The monoisotopic (exact) mass is 227 g/mol. The third-order valence-corrected chi connectivity index (χ3v) is 2.36. The van der Waals surface area contributed by atoms with Gasteiger partial charge < -0.3 is 15.7 Å². The van der Waals surface area contributed by atoms with Crippen LogP contribution < -0.4 is 5.73 Å². The predicted molar refractivity (Wildman–Crippen MR) is 59.3 cm³/mol. The lowest BCUT2D eigenvalue weighted by molar-refractivity contribution is 0.0141. The summed E-state index contributed by atoms with van der Waals surface area (Å²) in [6.07, 6.45) is 3.56. The van der Waals surface area contributed by atoms with Gasteiger partial charge in [-0.15, -0.1) is 0 Å². The second-order valence-electron chi connectivity index (χ2n) is 3.56. The van der Waals surface area contributed by atoms with Crippen LogP contribution in [0.15, 0.2) is 16.8 Å². The van der Waals surface area contributed by atoms with E-state index >= 15 is 0 Å². The van der Waals surface area contributed by atoms with Gasteiger partial charge in [-0.3, -0.25) is 4.90 Å². The van der Waals surface area contributed by atoms with Gasteiger partial charge in [-0.2, -0.15) is 0 Å². The molecular formula is C10H17N3O3. The van der Waals surface area contributed by atoms with E-state index in [4.69, 9.17) is 15.7 Å². The number of ether oxygens (including phenoxy) is 1. The SMILES string of the molecule is CCCN1CCC=C(C=NO)C1OC(N)=O. The molecule has 1 amide bonds. The molecule has 0 radical (unpaired) electrons. The van der Waals surface area contributed by atoms with Crippen LogP contribution in [0.2, 0.25) is 0 Å². The maximum Gasteiger partial charge on any atom is 0.406 e. The number of carbonyl (C=O) groups excluding carboxylic acids is 1. The van der Waals surface area contributed by atoms with Gasteiger partial charge in [0.25, 0.3) is 0 Å². The van der Waals surface area contributed by atoms with Crippen LogP contribution in [0.1, 0.15) is 19.8 Å². The number of nitrogens with two attached hydrogens (primary N) is 1. The second kappa shape index (κ2) is 6.12. The molecule has 0 fully saturated rings. The van der Waals surface area contributed by atoms with Gasteiger partial charge in [-0.1, -0.05) is 18.2 Å². The highest BCUT2D eigenvalue weighted by molar-refractivity contribution is 5.80. The van der Waals surface area contributed by atoms with Crippen LogP contribution in [0.3, 0.4) is 0 Å². The van der Waals surface area contributed by atoms with Crippen molar-refractivity contribution in [2.45, 2.75) is 26.0 Å². The number of oxime groups is 1. The molecule has 1 unspecified atom stereocenters. The Balaban J connectivity index is 2.81. The fourth-order valence-corrected chi connectivity index (χ4v) is 1.78. The Morgan fingerprint density at radius 3 is 3.19 bits per heavy atom. The summed E-state index contributed by atoms with van der Waals surface area (Å²) in [7, 11) is 0. The fraction of sp³-hybridized carbons (Fsp3) is 0.600. The number of amides is 1. The van der Waals surface area contributed by atoms with E-state index < -0.39 is 12.3 Å². The van der Waals surface area contributed by atoms with E-state index in [-0.39, 0.29) is 0 Å². The number of hydrogen-bond donors (Lipinski definition) is 2. The Bertz CT molecular complexity index is 302. The first-order valence-corrected chi connectivity index (χ1v) is 5.26. The molecule has 0 saturated carbocycles. The molecule has 0 bridgehead atoms. The Kier molecular flexibility index (Phi) is 4.78. The molecule has 6 heteroatoms. The van der Waals surface area contributed by atoms with Crippen LogP contribution in [-0.4, -0.2) is 41.7 Å². The first-order valence-electron chi connectivity index (χ1n) is 5.26. The summed E-state index contributed by atoms with van der Waals surface area (Å²) in [6.45, 7) is 3.64. The van der Waals surface area contributed by atoms with Gasteiger partial charge in [0.15, 0.2) is 6.23 Å². The second-order valence-corrected chi connectivity index (χ2v) is 3.56. The minimum atomic E-state index is -0.828. The van der Waals surface area contributed by atoms with Crippen LogP contribution in [0.4, 0.5) is 4.79 Å². The first kappa shape index (κ1) is 12.5. The van der Waals surface area contributed by atoms with Crippen molar-refractivity contribution in [3.63, 3.8) is 0 Å². The number of primary amides is 1. The van der Waals surface area contributed by atoms with E-state index in [1.165, 1.54) is 6.21 Å². The van der Waals surface area contributed by atoms with E-state index in [9.17, 15) is 4.79 Å². The third kappa shape index (κ3) is 3.23. The van der Waals surface area contributed by atoms with E-state index in [0.29, 0.717) is 5.57 Å². The van der Waals surface area contributed by atoms with Crippen LogP contribution in [0.5, 0.6) is 0 Å². The molecule has 3 N–H and O–H groups in total. The van der Waals surface area contributed by atoms with E-state index in [2.05, 4.69) is 5.16 Å². The van der Waals surface area contributed by atoms with Crippen molar-refractivity contribution in [3.05, 3.63) is 11.6 Å². The van der Waals surface area contributed by atoms with Gasteiger partial charge >= 0.3 is 6.09 Å². The summed E-state index contributed by atoms with van der Waals surface area (Å²) in [5, 5.41) is 11.5. The van der Waals surface area contributed by atoms with Crippen molar-refractivity contribution in [1.29, 1.82) is 0 Å². The number of nitrogens with zero attached hydrogens (tertiary/aromatic N) is 2. The molecule has 0 saturated heterocycles. The van der Waals surface area contributed by atoms with Crippen molar-refractivity contribution in [2.24, 2.45) is 10.9 Å². The summed E-state index contributed by atoms with van der Waals surface area (Å²) in [6, 6.07) is 0. The molecule has 0 aromatic carbocycles. The van der Waals surface area contributed by atoms with E-state index in [1.807, 2.05) is 17.9 Å². The van der Waals surface area contributed by atoms with Crippen molar-refractivity contribution in [2.75, 3.05) is 13.1 Å². The van der Waals surface area contributed by atoms with Crippen molar-refractivity contribution >= 4 is 12.3 Å². The van der Waals surface area contributed by atoms with Crippen LogP contribution in [0, 0.1) is 0 Å². The van der Waals surface area contributed by atoms with Crippen LogP contribution in [-0.2, 0) is 4.74 Å². The molecule has 1 heterocycles. The average Bonchev–Trinajstić information content (AvgIpc) is 2.23. The number of hydrogen-bond acceptors (Lipinski definition) is 5. The van der Waals surface area contributed by atoms with E-state index in [1.54, 1.807) is 0 Å². The molecule has 16 heavy (non-hydrogen) atoms. The lowest BCUT2D eigenvalue weighted by Crippen LogP contribution is -2.44. The van der Waals surface area contributed by atoms with Crippen LogP contribution >= 0.6 is 0 Å². The molecule has 0 aliphatic carbocycles. The molecule has 0 spiro atoms. The summed E-state index contributed by atoms with van der Waals surface area (Å²) in [5.41, 5.74) is 5.67. The Labute approximate surface area is 94.3 Å². The topological polar surface area (TPSA) is 88.2 Å². The summed E-state index contributed by atoms with van der Waals surface area (Å²) >= 11 is 0. The standard InChI is InChI=1S/C10H17N3O3/c1-2-5-13-6-3-4-8(7-12-15)9(13)16-10(11)14/h4,7,9,15H,2-3,5-6H2,1H3,(H2,11,14). The molecule has 1 rings (SSSR count). The maximum atomic E-state index is 10.8. The smallest absolute Gasteiger partial charge is 0.406 e. The molecule has 6 nitrogen and oxygen atoms in total. The number of carbonyl (C=O) groups is 1. The predicted octanol–water partition coefficient (Wildman–Crippen LogP) is 0.910. The minimum Gasteiger partial charge on any atom is -0.426 e. The van der Waals surface area contributed by atoms with Gasteiger partial charge in [-0.05, 0) is 12.8 Å². The minimum absolute atomic E-state index is 0.540. The average molecular weight is 227 g/mol. The van der Waals surface area contributed by atoms with Gasteiger partial charge in [0, 0.05) is 18.7 Å². The zero-order valence-electron chi connectivity index (χ0n) is 9.30. The number of rotatable bonds is 4. The van der Waals surface area contributed by atoms with Crippen molar-refractivity contribution in [1.82, 2.24) is 4.90 Å². The largest absolute Gasteiger partial charge is 0.426 e. The molecule has 0 aromatic rings. The van der Waals surface area contributed by atoms with E-state index in [0.717, 1.165) is 25.9 Å². The summed E-state index contributed by atoms with van der Waals surface area (Å²) < 4.78 is 5.02. The zero-order valence-corrected chi connectivity index (χ0v) is 9.30. The highest BCUT2D eigenvalue weighted by Gasteiger charge is 2.26. The van der Waals surface area contributed by atoms with Crippen molar-refractivity contribution < 1.29 is 14.7 Å². The summed E-state index contributed by atoms with van der Waals surface area (Å²) in [5.74, 6) is 0. The lowest BCUT2D eigenvalue weighted by atomic mass is 10.1. The highest BCUT2D eigenvalue weighted by atomic mass is 16.6. The van der Waals surface area contributed by atoms with Gasteiger partial charge in [0.05, 0.1) is 6.21 Å². The summed E-state index contributed by atoms with van der Waals surface area (Å²) in [4.78, 5) is 12.8. The molecule has 1 aliphatic heterocycles. The highest BCUT2D eigenvalue weighted by Crippen LogP contribution is 2.18. The van der Waals surface area contributed by atoms with Gasteiger partial charge in [-0.25, -0.2) is 4.79 Å². The Morgan fingerprint density at radius 1 is 1.88 bits per heavy atom. The quantitative estimate of drug-likeness (QED) is 0.424. The molecule has 1 aliphatic rings. The lowest BCUT2D eigenvalue weighted by Gasteiger charge is -2.33. The molecule has 90 valence electrons. The third-order valence-electron chi connectivity index (χ3n) is 2.36. The first-order chi connectivity index (χ1) is 7.69. The Hall–Kier alpha value is -1.56.